The van der Waals surface area contributed by atoms with Crippen LogP contribution in [0.15, 0.2) is 60.7 Å². The second kappa shape index (κ2) is 6.61. The van der Waals surface area contributed by atoms with Crippen molar-refractivity contribution in [3.8, 4) is 22.6 Å². The Morgan fingerprint density at radius 1 is 0.815 bits per heavy atom. The van der Waals surface area contributed by atoms with Gasteiger partial charge in [0.1, 0.15) is 17.3 Å². The van der Waals surface area contributed by atoms with E-state index in [9.17, 15) is 0 Å². The SMILES string of the molecule is Cc1cc(Oc2ccccc2)cc(-c2ccc3nc(N)nc(N)c3c2C)c1. The Morgan fingerprint density at radius 3 is 2.37 bits per heavy atom. The molecule has 1 heterocycles. The van der Waals surface area contributed by atoms with Crippen molar-refractivity contribution >= 4 is 22.7 Å². The zero-order valence-corrected chi connectivity index (χ0v) is 15.2. The summed E-state index contributed by atoms with van der Waals surface area (Å²) in [5.41, 5.74) is 16.8. The fourth-order valence-corrected chi connectivity index (χ4v) is 3.34. The summed E-state index contributed by atoms with van der Waals surface area (Å²) < 4.78 is 6.02. The highest BCUT2D eigenvalue weighted by Gasteiger charge is 2.12. The Labute approximate surface area is 157 Å². The molecule has 0 saturated heterocycles. The lowest BCUT2D eigenvalue weighted by Crippen LogP contribution is -2.02. The van der Waals surface area contributed by atoms with Gasteiger partial charge in [-0.2, -0.15) is 4.98 Å². The smallest absolute Gasteiger partial charge is 0.222 e. The Morgan fingerprint density at radius 2 is 1.59 bits per heavy atom. The Kier molecular flexibility index (Phi) is 4.12. The Balaban J connectivity index is 1.83. The molecular formula is C22H20N4O. The van der Waals surface area contributed by atoms with Gasteiger partial charge in [0.15, 0.2) is 0 Å². The lowest BCUT2D eigenvalue weighted by molar-refractivity contribution is 0.482. The van der Waals surface area contributed by atoms with E-state index < -0.39 is 0 Å². The summed E-state index contributed by atoms with van der Waals surface area (Å²) in [6.45, 7) is 4.07. The van der Waals surface area contributed by atoms with Crippen LogP contribution in [0.1, 0.15) is 11.1 Å². The fraction of sp³-hybridized carbons (Fsp3) is 0.0909. The molecule has 0 atom stereocenters. The van der Waals surface area contributed by atoms with Crippen molar-refractivity contribution in [2.75, 3.05) is 11.5 Å². The Bertz CT molecular complexity index is 1140. The highest BCUT2D eigenvalue weighted by Crippen LogP contribution is 2.35. The summed E-state index contributed by atoms with van der Waals surface area (Å²) in [5, 5.41) is 0.828. The van der Waals surface area contributed by atoms with Crippen molar-refractivity contribution in [3.05, 3.63) is 71.8 Å². The first kappa shape index (κ1) is 16.8. The van der Waals surface area contributed by atoms with Crippen LogP contribution in [0.25, 0.3) is 22.0 Å². The van der Waals surface area contributed by atoms with Gasteiger partial charge in [-0.3, -0.25) is 0 Å². The van der Waals surface area contributed by atoms with Crippen molar-refractivity contribution < 1.29 is 4.74 Å². The van der Waals surface area contributed by atoms with Gasteiger partial charge in [0.25, 0.3) is 0 Å². The number of nitrogens with two attached hydrogens (primary N) is 2. The monoisotopic (exact) mass is 356 g/mol. The van der Waals surface area contributed by atoms with E-state index in [4.69, 9.17) is 16.2 Å². The van der Waals surface area contributed by atoms with E-state index in [1.54, 1.807) is 0 Å². The van der Waals surface area contributed by atoms with Crippen LogP contribution in [0.3, 0.4) is 0 Å². The van der Waals surface area contributed by atoms with Gasteiger partial charge in [-0.15, -0.1) is 0 Å². The molecule has 0 saturated carbocycles. The van der Waals surface area contributed by atoms with E-state index in [1.165, 1.54) is 0 Å². The average molecular weight is 356 g/mol. The zero-order chi connectivity index (χ0) is 19.0. The van der Waals surface area contributed by atoms with Crippen molar-refractivity contribution in [2.45, 2.75) is 13.8 Å². The second-order valence-electron chi connectivity index (χ2n) is 6.55. The van der Waals surface area contributed by atoms with Gasteiger partial charge in [0, 0.05) is 5.39 Å². The predicted molar refractivity (Wildman–Crippen MR) is 110 cm³/mol. The molecule has 1 aromatic heterocycles. The normalized spacial score (nSPS) is 10.9. The van der Waals surface area contributed by atoms with Crippen LogP contribution in [0, 0.1) is 13.8 Å². The van der Waals surface area contributed by atoms with E-state index in [0.717, 1.165) is 44.7 Å². The molecule has 0 bridgehead atoms. The van der Waals surface area contributed by atoms with E-state index >= 15 is 0 Å². The maximum Gasteiger partial charge on any atom is 0.222 e. The van der Waals surface area contributed by atoms with E-state index in [2.05, 4.69) is 23.0 Å². The molecule has 0 aliphatic rings. The van der Waals surface area contributed by atoms with Crippen LogP contribution in [-0.4, -0.2) is 9.97 Å². The van der Waals surface area contributed by atoms with Gasteiger partial charge in [0.2, 0.25) is 5.95 Å². The number of nitrogens with zero attached hydrogens (tertiary/aromatic N) is 2. The number of aryl methyl sites for hydroxylation is 2. The number of benzene rings is 3. The summed E-state index contributed by atoms with van der Waals surface area (Å²) in [6, 6.07) is 19.9. The molecule has 0 fully saturated rings. The molecule has 134 valence electrons. The van der Waals surface area contributed by atoms with Crippen LogP contribution in [0.2, 0.25) is 0 Å². The highest BCUT2D eigenvalue weighted by molar-refractivity contribution is 5.96. The lowest BCUT2D eigenvalue weighted by Gasteiger charge is -2.14. The number of ether oxygens (including phenoxy) is 1. The number of hydrogen-bond donors (Lipinski definition) is 2. The largest absolute Gasteiger partial charge is 0.457 e. The van der Waals surface area contributed by atoms with Gasteiger partial charge >= 0.3 is 0 Å². The van der Waals surface area contributed by atoms with Crippen molar-refractivity contribution in [3.63, 3.8) is 0 Å². The maximum atomic E-state index is 6.11. The number of para-hydroxylation sites is 1. The molecule has 0 unspecified atom stereocenters. The van der Waals surface area contributed by atoms with Crippen molar-refractivity contribution in [2.24, 2.45) is 0 Å². The topological polar surface area (TPSA) is 87.0 Å². The number of anilines is 2. The number of rotatable bonds is 3. The van der Waals surface area contributed by atoms with E-state index in [1.807, 2.05) is 61.5 Å². The summed E-state index contributed by atoms with van der Waals surface area (Å²) in [7, 11) is 0. The van der Waals surface area contributed by atoms with Gasteiger partial charge in [0.05, 0.1) is 5.52 Å². The van der Waals surface area contributed by atoms with Gasteiger partial charge in [-0.1, -0.05) is 30.3 Å². The van der Waals surface area contributed by atoms with Crippen LogP contribution in [-0.2, 0) is 0 Å². The molecule has 0 aliphatic heterocycles. The molecule has 0 amide bonds. The van der Waals surface area contributed by atoms with Crippen molar-refractivity contribution in [1.82, 2.24) is 9.97 Å². The molecular weight excluding hydrogens is 336 g/mol. The summed E-state index contributed by atoms with van der Waals surface area (Å²) >= 11 is 0. The molecule has 4 aromatic rings. The molecule has 0 radical (unpaired) electrons. The summed E-state index contributed by atoms with van der Waals surface area (Å²) in [4.78, 5) is 8.39. The van der Waals surface area contributed by atoms with Gasteiger partial charge < -0.3 is 16.2 Å². The van der Waals surface area contributed by atoms with Crippen LogP contribution < -0.4 is 16.2 Å². The minimum atomic E-state index is 0.182. The summed E-state index contributed by atoms with van der Waals surface area (Å²) in [6.07, 6.45) is 0. The first-order chi connectivity index (χ1) is 13.0. The summed E-state index contributed by atoms with van der Waals surface area (Å²) in [5.74, 6) is 2.17. The molecule has 4 N–H and O–H groups in total. The zero-order valence-electron chi connectivity index (χ0n) is 15.2. The third-order valence-electron chi connectivity index (χ3n) is 4.51. The van der Waals surface area contributed by atoms with Crippen LogP contribution in [0.4, 0.5) is 11.8 Å². The Hall–Kier alpha value is -3.60. The first-order valence-electron chi connectivity index (χ1n) is 8.68. The molecule has 5 heteroatoms. The number of hydrogen-bond acceptors (Lipinski definition) is 5. The average Bonchev–Trinajstić information content (AvgIpc) is 2.61. The molecule has 0 aliphatic carbocycles. The molecule has 3 aromatic carbocycles. The minimum Gasteiger partial charge on any atom is -0.457 e. The van der Waals surface area contributed by atoms with E-state index in [-0.39, 0.29) is 5.95 Å². The van der Waals surface area contributed by atoms with Gasteiger partial charge in [-0.25, -0.2) is 4.98 Å². The fourth-order valence-electron chi connectivity index (χ4n) is 3.34. The molecule has 5 nitrogen and oxygen atoms in total. The van der Waals surface area contributed by atoms with Crippen molar-refractivity contribution in [1.29, 1.82) is 0 Å². The second-order valence-corrected chi connectivity index (χ2v) is 6.55. The van der Waals surface area contributed by atoms with Gasteiger partial charge in [-0.05, 0) is 66.4 Å². The number of nitrogen functional groups attached to an aromatic ring is 2. The predicted octanol–water partition coefficient (Wildman–Crippen LogP) is 4.87. The molecule has 27 heavy (non-hydrogen) atoms. The third-order valence-corrected chi connectivity index (χ3v) is 4.51. The quantitative estimate of drug-likeness (QED) is 0.547. The van der Waals surface area contributed by atoms with Crippen LogP contribution in [0.5, 0.6) is 11.5 Å². The number of fused-ring (bicyclic) bond motifs is 1. The highest BCUT2D eigenvalue weighted by atomic mass is 16.5. The lowest BCUT2D eigenvalue weighted by atomic mass is 9.96. The number of aromatic nitrogens is 2. The van der Waals surface area contributed by atoms with E-state index in [0.29, 0.717) is 5.82 Å². The molecule has 0 spiro atoms. The third kappa shape index (κ3) is 3.27. The maximum absolute atomic E-state index is 6.11. The minimum absolute atomic E-state index is 0.182. The van der Waals surface area contributed by atoms with Crippen LogP contribution >= 0.6 is 0 Å². The first-order valence-corrected chi connectivity index (χ1v) is 8.68. The molecule has 4 rings (SSSR count). The standard InChI is InChI=1S/C22H20N4O/c1-13-10-15(12-17(11-13)27-16-6-4-3-5-7-16)18-8-9-19-20(14(18)2)21(23)26-22(24)25-19/h3-12H,1-2H3,(H4,23,24,25,26).